The van der Waals surface area contributed by atoms with E-state index in [1.54, 1.807) is 42.9 Å². The topological polar surface area (TPSA) is 94.3 Å². The normalized spacial score (nSPS) is 16.4. The number of amides is 2. The molecule has 1 N–H and O–H groups in total. The van der Waals surface area contributed by atoms with Crippen molar-refractivity contribution < 1.29 is 27.2 Å². The molecule has 4 aromatic rings. The summed E-state index contributed by atoms with van der Waals surface area (Å²) in [5, 5.41) is 17.0. The molecule has 0 fully saturated rings. The van der Waals surface area contributed by atoms with E-state index in [2.05, 4.69) is 5.32 Å². The zero-order valence-electron chi connectivity index (χ0n) is 23.1. The van der Waals surface area contributed by atoms with Crippen LogP contribution in [-0.4, -0.2) is 46.1 Å². The summed E-state index contributed by atoms with van der Waals surface area (Å²) in [6.45, 7) is 1.97. The van der Waals surface area contributed by atoms with Crippen LogP contribution >= 0.6 is 0 Å². The van der Waals surface area contributed by atoms with Crippen LogP contribution in [0.15, 0.2) is 78.9 Å². The Morgan fingerprint density at radius 3 is 2.40 bits per heavy atom. The summed E-state index contributed by atoms with van der Waals surface area (Å²) >= 11 is 0. The van der Waals surface area contributed by atoms with Crippen LogP contribution in [0, 0.1) is 17.3 Å². The van der Waals surface area contributed by atoms with Gasteiger partial charge in [0.05, 0.1) is 23.5 Å². The number of nitriles is 1. The second-order valence-corrected chi connectivity index (χ2v) is 10.0. The molecule has 0 aliphatic carbocycles. The number of hydrogen-bond donors (Lipinski definition) is 1. The Morgan fingerprint density at radius 1 is 1.07 bits per heavy atom. The Balaban J connectivity index is 1.71. The largest absolute Gasteiger partial charge is 0.416 e. The lowest BCUT2D eigenvalue weighted by molar-refractivity contribution is -0.137. The van der Waals surface area contributed by atoms with Gasteiger partial charge in [0.25, 0.3) is 11.8 Å². The molecular formula is C31H26F4N6O2. The molecule has 43 heavy (non-hydrogen) atoms. The van der Waals surface area contributed by atoms with Crippen LogP contribution < -0.4 is 10.2 Å². The Bertz CT molecular complexity index is 1700. The van der Waals surface area contributed by atoms with Gasteiger partial charge >= 0.3 is 6.18 Å². The van der Waals surface area contributed by atoms with E-state index in [1.165, 1.54) is 40.1 Å². The fourth-order valence-corrected chi connectivity index (χ4v) is 5.29. The van der Waals surface area contributed by atoms with Gasteiger partial charge in [-0.1, -0.05) is 36.4 Å². The Labute approximate surface area is 244 Å². The van der Waals surface area contributed by atoms with E-state index in [4.69, 9.17) is 5.10 Å². The van der Waals surface area contributed by atoms with Gasteiger partial charge in [-0.15, -0.1) is 0 Å². The summed E-state index contributed by atoms with van der Waals surface area (Å²) in [6, 6.07) is 17.1. The van der Waals surface area contributed by atoms with Crippen molar-refractivity contribution >= 4 is 17.6 Å². The highest BCUT2D eigenvalue weighted by molar-refractivity contribution is 6.05. The van der Waals surface area contributed by atoms with Gasteiger partial charge in [-0.05, 0) is 55.0 Å². The summed E-state index contributed by atoms with van der Waals surface area (Å²) in [5.74, 6) is -2.43. The fourth-order valence-electron chi connectivity index (χ4n) is 5.29. The molecule has 0 radical (unpaired) electrons. The number of para-hydroxylation sites is 1. The van der Waals surface area contributed by atoms with Crippen LogP contribution in [-0.2, 0) is 17.5 Å². The van der Waals surface area contributed by atoms with E-state index in [9.17, 15) is 32.4 Å². The summed E-state index contributed by atoms with van der Waals surface area (Å²) < 4.78 is 55.8. The SMILES string of the molecule is CCN1C(=O)C(NC(=O)c2cccc(C(F)(F)F)c2)C(c2ccc(F)cc2)c2c(CN(C)C#N)nn(-c3ccccc3)c21. The second kappa shape index (κ2) is 11.6. The Hall–Kier alpha value is -5.18. The standard InChI is InChI=1S/C31H26F4N6O2/c1-3-40-29-26(24(17-39(2)18-36)38-41(29)23-10-5-4-6-11-23)25(19-12-14-22(32)15-13-19)27(30(40)43)37-28(42)20-8-7-9-21(16-20)31(33,34)35/h4-16,25,27H,3,17H2,1-2H3,(H,37,42). The minimum atomic E-state index is -4.67. The molecule has 0 spiro atoms. The minimum absolute atomic E-state index is 0.0520. The molecule has 3 aromatic carbocycles. The van der Waals surface area contributed by atoms with Crippen LogP contribution in [0.4, 0.5) is 23.4 Å². The summed E-state index contributed by atoms with van der Waals surface area (Å²) in [7, 11) is 1.57. The molecule has 5 rings (SSSR count). The molecule has 0 saturated heterocycles. The monoisotopic (exact) mass is 590 g/mol. The third kappa shape index (κ3) is 5.66. The van der Waals surface area contributed by atoms with Gasteiger partial charge in [0, 0.05) is 30.6 Å². The zero-order chi connectivity index (χ0) is 30.9. The van der Waals surface area contributed by atoms with E-state index < -0.39 is 41.3 Å². The molecule has 0 saturated carbocycles. The highest BCUT2D eigenvalue weighted by atomic mass is 19.4. The van der Waals surface area contributed by atoms with E-state index in [0.29, 0.717) is 28.3 Å². The van der Waals surface area contributed by atoms with Crippen molar-refractivity contribution in [3.63, 3.8) is 0 Å². The molecular weight excluding hydrogens is 564 g/mol. The summed E-state index contributed by atoms with van der Waals surface area (Å²) in [5.41, 5.74) is 0.775. The number of benzene rings is 3. The molecule has 1 aliphatic heterocycles. The number of carbonyl (C=O) groups excluding carboxylic acids is 2. The minimum Gasteiger partial charge on any atom is -0.339 e. The van der Waals surface area contributed by atoms with Gasteiger partial charge in [-0.2, -0.15) is 23.5 Å². The molecule has 2 heterocycles. The number of alkyl halides is 3. The highest BCUT2D eigenvalue weighted by Crippen LogP contribution is 2.44. The molecule has 2 amide bonds. The molecule has 2 atom stereocenters. The van der Waals surface area contributed by atoms with Crippen LogP contribution in [0.2, 0.25) is 0 Å². The van der Waals surface area contributed by atoms with Crippen molar-refractivity contribution in [2.45, 2.75) is 31.6 Å². The maximum absolute atomic E-state index is 14.2. The third-order valence-corrected chi connectivity index (χ3v) is 7.25. The highest BCUT2D eigenvalue weighted by Gasteiger charge is 2.46. The first-order chi connectivity index (χ1) is 20.5. The van der Waals surface area contributed by atoms with E-state index >= 15 is 0 Å². The van der Waals surface area contributed by atoms with E-state index in [1.807, 2.05) is 12.3 Å². The fraction of sp³-hybridized carbons (Fsp3) is 0.226. The van der Waals surface area contributed by atoms with E-state index in [-0.39, 0.29) is 18.7 Å². The van der Waals surface area contributed by atoms with Crippen molar-refractivity contribution in [3.05, 3.63) is 113 Å². The average molecular weight is 591 g/mol. The number of aromatic nitrogens is 2. The summed E-state index contributed by atoms with van der Waals surface area (Å²) in [4.78, 5) is 30.4. The first kappa shape index (κ1) is 29.3. The predicted octanol–water partition coefficient (Wildman–Crippen LogP) is 5.24. The van der Waals surface area contributed by atoms with E-state index in [0.717, 1.165) is 18.2 Å². The van der Waals surface area contributed by atoms with Crippen molar-refractivity contribution in [2.24, 2.45) is 0 Å². The molecule has 8 nitrogen and oxygen atoms in total. The first-order valence-corrected chi connectivity index (χ1v) is 13.4. The maximum atomic E-state index is 14.2. The van der Waals surface area contributed by atoms with Crippen LogP contribution in [0.3, 0.4) is 0 Å². The molecule has 0 bridgehead atoms. The smallest absolute Gasteiger partial charge is 0.339 e. The molecule has 2 unspecified atom stereocenters. The number of rotatable bonds is 7. The van der Waals surface area contributed by atoms with Crippen LogP contribution in [0.25, 0.3) is 5.69 Å². The number of anilines is 1. The number of hydrogen-bond acceptors (Lipinski definition) is 5. The second-order valence-electron chi connectivity index (χ2n) is 10.0. The number of likely N-dealkylation sites (N-methyl/N-ethyl adjacent to an activating group) is 1. The quantitative estimate of drug-likeness (QED) is 0.181. The third-order valence-electron chi connectivity index (χ3n) is 7.25. The zero-order valence-corrected chi connectivity index (χ0v) is 23.1. The number of nitrogens with one attached hydrogen (secondary N) is 1. The average Bonchev–Trinajstić information content (AvgIpc) is 3.36. The lowest BCUT2D eigenvalue weighted by Crippen LogP contribution is -2.55. The van der Waals surface area contributed by atoms with Crippen molar-refractivity contribution in [2.75, 3.05) is 18.5 Å². The van der Waals surface area contributed by atoms with Crippen molar-refractivity contribution in [1.82, 2.24) is 20.0 Å². The van der Waals surface area contributed by atoms with Gasteiger partial charge in [-0.3, -0.25) is 14.5 Å². The van der Waals surface area contributed by atoms with Gasteiger partial charge in [-0.25, -0.2) is 9.07 Å². The van der Waals surface area contributed by atoms with Crippen LogP contribution in [0.1, 0.15) is 45.6 Å². The molecule has 220 valence electrons. The van der Waals surface area contributed by atoms with Gasteiger partial charge < -0.3 is 10.2 Å². The van der Waals surface area contributed by atoms with Gasteiger partial charge in [0.2, 0.25) is 0 Å². The number of halogens is 4. The summed E-state index contributed by atoms with van der Waals surface area (Å²) in [6.07, 6.45) is -2.63. The van der Waals surface area contributed by atoms with Crippen LogP contribution in [0.5, 0.6) is 0 Å². The molecule has 1 aliphatic rings. The molecule has 12 heteroatoms. The Morgan fingerprint density at radius 2 is 1.77 bits per heavy atom. The van der Waals surface area contributed by atoms with Gasteiger partial charge in [0.15, 0.2) is 6.19 Å². The first-order valence-electron chi connectivity index (χ1n) is 13.4. The number of carbonyl (C=O) groups is 2. The Kier molecular flexibility index (Phi) is 7.91. The molecule has 1 aromatic heterocycles. The number of fused-ring (bicyclic) bond motifs is 1. The van der Waals surface area contributed by atoms with Crippen molar-refractivity contribution in [3.8, 4) is 11.9 Å². The lowest BCUT2D eigenvalue weighted by atomic mass is 9.80. The lowest BCUT2D eigenvalue weighted by Gasteiger charge is -2.38. The predicted molar refractivity (Wildman–Crippen MR) is 150 cm³/mol. The van der Waals surface area contributed by atoms with Crippen molar-refractivity contribution in [1.29, 1.82) is 5.26 Å². The number of nitrogens with zero attached hydrogens (tertiary/aromatic N) is 5. The maximum Gasteiger partial charge on any atom is 0.416 e. The van der Waals surface area contributed by atoms with Gasteiger partial charge in [0.1, 0.15) is 17.7 Å².